The Hall–Kier alpha value is -3.87. The number of anilines is 2. The number of aryl methyl sites for hydroxylation is 2. The Morgan fingerprint density at radius 3 is 2.51 bits per heavy atom. The van der Waals surface area contributed by atoms with Gasteiger partial charge in [-0.1, -0.05) is 25.5 Å². The van der Waals surface area contributed by atoms with E-state index in [4.69, 9.17) is 15.2 Å². The first kappa shape index (κ1) is 32.5. The van der Waals surface area contributed by atoms with E-state index < -0.39 is 17.9 Å². The average Bonchev–Trinajstić information content (AvgIpc) is 3.57. The molecule has 2 atom stereocenters. The lowest BCUT2D eigenvalue weighted by Gasteiger charge is -2.39. The number of nitrogens with two attached hydrogens (primary N) is 1. The maximum atomic E-state index is 14.7. The first-order valence-corrected chi connectivity index (χ1v) is 15.4. The minimum absolute atomic E-state index is 0.0808. The highest BCUT2D eigenvalue weighted by Crippen LogP contribution is 2.42. The van der Waals surface area contributed by atoms with Crippen LogP contribution < -0.4 is 20.7 Å². The molecule has 3 N–H and O–H groups in total. The third-order valence-electron chi connectivity index (χ3n) is 8.33. The van der Waals surface area contributed by atoms with Crippen LogP contribution in [0.25, 0.3) is 5.69 Å². The molecule has 2 aromatic heterocycles. The number of piperidine rings is 1. The second-order valence-electron chi connectivity index (χ2n) is 13.2. The number of ether oxygens (including phenoxy) is 2. The molecule has 1 spiro atoms. The third kappa shape index (κ3) is 7.69. The topological polar surface area (TPSA) is 120 Å². The number of nitrogen functional groups attached to an aromatic ring is 1. The molecule has 2 fully saturated rings. The van der Waals surface area contributed by atoms with E-state index >= 15 is 0 Å². The van der Waals surface area contributed by atoms with Crippen molar-refractivity contribution < 1.29 is 27.4 Å². The fourth-order valence-corrected chi connectivity index (χ4v) is 6.13. The minimum Gasteiger partial charge on any atom is -0.459 e. The lowest BCUT2D eigenvalue weighted by atomic mass is 9.76. The molecule has 0 aliphatic carbocycles. The monoisotopic (exact) mass is 629 g/mol. The summed E-state index contributed by atoms with van der Waals surface area (Å²) in [6, 6.07) is 7.64. The van der Waals surface area contributed by atoms with Crippen LogP contribution in [0.3, 0.4) is 0 Å². The fourth-order valence-electron chi connectivity index (χ4n) is 6.13. The molecule has 2 aliphatic heterocycles. The number of carbonyl (C=O) groups excluding carboxylic acids is 1. The molecule has 45 heavy (non-hydrogen) atoms. The number of aromatic nitrogens is 4. The summed E-state index contributed by atoms with van der Waals surface area (Å²) in [6.07, 6.45) is -1.70. The van der Waals surface area contributed by atoms with E-state index in [2.05, 4.69) is 20.4 Å². The van der Waals surface area contributed by atoms with E-state index in [1.54, 1.807) is 31.3 Å². The van der Waals surface area contributed by atoms with Gasteiger partial charge in [-0.05, 0) is 76.5 Å². The largest absolute Gasteiger partial charge is 0.459 e. The Bertz CT molecular complexity index is 1510. The second kappa shape index (κ2) is 12.5. The van der Waals surface area contributed by atoms with Crippen LogP contribution >= 0.6 is 0 Å². The summed E-state index contributed by atoms with van der Waals surface area (Å²) in [5.41, 5.74) is 7.13. The minimum atomic E-state index is -4.76. The van der Waals surface area contributed by atoms with Crippen molar-refractivity contribution in [3.05, 3.63) is 53.3 Å². The molecular weight excluding hydrogens is 587 g/mol. The molecule has 1 aromatic carbocycles. The van der Waals surface area contributed by atoms with Crippen LogP contribution in [0.1, 0.15) is 76.3 Å². The molecule has 3 aromatic rings. The molecule has 4 heterocycles. The second-order valence-corrected chi connectivity index (χ2v) is 13.2. The molecule has 2 saturated heterocycles. The number of nitrogens with zero attached hydrogens (tertiary/aromatic N) is 5. The molecule has 0 bridgehead atoms. The van der Waals surface area contributed by atoms with Gasteiger partial charge in [0.05, 0.1) is 11.4 Å². The molecule has 2 aliphatic rings. The van der Waals surface area contributed by atoms with E-state index in [0.29, 0.717) is 44.0 Å². The van der Waals surface area contributed by atoms with Gasteiger partial charge < -0.3 is 25.4 Å². The van der Waals surface area contributed by atoms with Gasteiger partial charge in [0.1, 0.15) is 17.5 Å². The van der Waals surface area contributed by atoms with Crippen molar-refractivity contribution >= 4 is 17.7 Å². The van der Waals surface area contributed by atoms with Crippen molar-refractivity contribution in [1.82, 2.24) is 25.1 Å². The molecule has 10 nitrogen and oxygen atoms in total. The Labute approximate surface area is 261 Å². The summed E-state index contributed by atoms with van der Waals surface area (Å²) in [4.78, 5) is 23.0. The van der Waals surface area contributed by atoms with Gasteiger partial charge in [-0.2, -0.15) is 28.2 Å². The normalized spacial score (nSPS) is 19.1. The molecular formula is C32H42F3N7O3. The van der Waals surface area contributed by atoms with Crippen LogP contribution in [-0.4, -0.2) is 63.2 Å². The maximum absolute atomic E-state index is 14.7. The van der Waals surface area contributed by atoms with Crippen molar-refractivity contribution in [2.24, 2.45) is 5.41 Å². The number of carbonyl (C=O) groups is 1. The zero-order chi connectivity index (χ0) is 32.6. The van der Waals surface area contributed by atoms with Gasteiger partial charge in [-0.25, -0.2) is 4.68 Å². The fraction of sp³-hybridized carbons (Fsp3) is 0.562. The summed E-state index contributed by atoms with van der Waals surface area (Å²) in [7, 11) is 0. The number of benzene rings is 1. The zero-order valence-electron chi connectivity index (χ0n) is 26.4. The van der Waals surface area contributed by atoms with Gasteiger partial charge in [0.15, 0.2) is 0 Å². The molecule has 1 unspecified atom stereocenters. The van der Waals surface area contributed by atoms with E-state index in [9.17, 15) is 18.0 Å². The highest BCUT2D eigenvalue weighted by molar-refractivity contribution is 5.76. The van der Waals surface area contributed by atoms with Gasteiger partial charge >= 0.3 is 12.1 Å². The van der Waals surface area contributed by atoms with E-state index in [1.807, 2.05) is 32.6 Å². The van der Waals surface area contributed by atoms with Crippen LogP contribution in [0.4, 0.5) is 24.9 Å². The molecule has 0 radical (unpaired) electrons. The standard InChI is InChI=1S/C32H42F3N7O3/c1-6-7-21-8-9-22(24(16-21)42-13-10-20(2)40-42)27(32(33,34)35)44-26-17-25(38-29(36)39-26)41-14-11-31(12-15-41)18-23(37-19-31)28(43)45-30(3,4)5/h8-10,13,16-17,23,27,37H,6-7,11-12,14-15,18-19H2,1-5H3,(H2,36,38,39)/t23?,27-/m1/s1. The van der Waals surface area contributed by atoms with Crippen LogP contribution in [0, 0.1) is 12.3 Å². The van der Waals surface area contributed by atoms with Crippen molar-refractivity contribution in [3.8, 4) is 11.6 Å². The van der Waals surface area contributed by atoms with Crippen LogP contribution in [0.5, 0.6) is 5.88 Å². The molecule has 13 heteroatoms. The van der Waals surface area contributed by atoms with Gasteiger partial charge in [0, 0.05) is 37.5 Å². The van der Waals surface area contributed by atoms with Gasteiger partial charge in [-0.3, -0.25) is 4.79 Å². The van der Waals surface area contributed by atoms with Gasteiger partial charge in [-0.15, -0.1) is 0 Å². The summed E-state index contributed by atoms with van der Waals surface area (Å²) in [6.45, 7) is 11.2. The zero-order valence-corrected chi connectivity index (χ0v) is 26.4. The molecule has 5 rings (SSSR count). The maximum Gasteiger partial charge on any atom is 0.429 e. The summed E-state index contributed by atoms with van der Waals surface area (Å²) in [5.74, 6) is -0.313. The van der Waals surface area contributed by atoms with Gasteiger partial charge in [0.25, 0.3) is 0 Å². The van der Waals surface area contributed by atoms with E-state index in [0.717, 1.165) is 24.8 Å². The highest BCUT2D eigenvalue weighted by atomic mass is 19.4. The smallest absolute Gasteiger partial charge is 0.429 e. The highest BCUT2D eigenvalue weighted by Gasteiger charge is 2.46. The Kier molecular flexibility index (Phi) is 9.03. The number of hydrogen-bond donors (Lipinski definition) is 2. The van der Waals surface area contributed by atoms with Crippen molar-refractivity contribution in [1.29, 1.82) is 0 Å². The van der Waals surface area contributed by atoms with E-state index in [-0.39, 0.29) is 40.5 Å². The number of halogens is 3. The van der Waals surface area contributed by atoms with Crippen molar-refractivity contribution in [2.75, 3.05) is 30.3 Å². The lowest BCUT2D eigenvalue weighted by molar-refractivity contribution is -0.198. The third-order valence-corrected chi connectivity index (χ3v) is 8.33. The molecule has 0 saturated carbocycles. The van der Waals surface area contributed by atoms with Crippen molar-refractivity contribution in [3.63, 3.8) is 0 Å². The number of esters is 1. The predicted octanol–water partition coefficient (Wildman–Crippen LogP) is 5.48. The number of nitrogens with one attached hydrogen (secondary N) is 1. The Balaban J connectivity index is 1.35. The molecule has 0 amide bonds. The SMILES string of the molecule is CCCc1ccc([C@@H](Oc2cc(N3CCC4(CC3)CNC(C(=O)OC(C)(C)C)C4)nc(N)n2)C(F)(F)F)c(-n2ccc(C)n2)c1. The molecule has 244 valence electrons. The van der Waals surface area contributed by atoms with Crippen molar-refractivity contribution in [2.45, 2.75) is 90.6 Å². The summed E-state index contributed by atoms with van der Waals surface area (Å²) in [5, 5.41) is 7.70. The summed E-state index contributed by atoms with van der Waals surface area (Å²) >= 11 is 0. The predicted molar refractivity (Wildman–Crippen MR) is 164 cm³/mol. The van der Waals surface area contributed by atoms with Crippen LogP contribution in [0.15, 0.2) is 36.5 Å². The van der Waals surface area contributed by atoms with Crippen LogP contribution in [0.2, 0.25) is 0 Å². The summed E-state index contributed by atoms with van der Waals surface area (Å²) < 4.78 is 56.6. The quantitative estimate of drug-likeness (QED) is 0.312. The first-order valence-electron chi connectivity index (χ1n) is 15.4. The Morgan fingerprint density at radius 2 is 1.89 bits per heavy atom. The Morgan fingerprint density at radius 1 is 1.16 bits per heavy atom. The number of rotatable bonds is 8. The van der Waals surface area contributed by atoms with Gasteiger partial charge in [0.2, 0.25) is 17.9 Å². The number of alkyl halides is 3. The average molecular weight is 630 g/mol. The number of hydrogen-bond acceptors (Lipinski definition) is 9. The first-order chi connectivity index (χ1) is 21.1. The van der Waals surface area contributed by atoms with E-state index in [1.165, 1.54) is 16.8 Å². The van der Waals surface area contributed by atoms with Crippen LogP contribution in [-0.2, 0) is 16.0 Å². The lowest BCUT2D eigenvalue weighted by Crippen LogP contribution is -2.41.